The van der Waals surface area contributed by atoms with E-state index < -0.39 is 17.5 Å². The fourth-order valence-corrected chi connectivity index (χ4v) is 4.72. The monoisotopic (exact) mass is 462 g/mol. The number of para-hydroxylation sites is 1. The van der Waals surface area contributed by atoms with Crippen molar-refractivity contribution < 1.29 is 18.7 Å². The van der Waals surface area contributed by atoms with E-state index in [9.17, 15) is 14.4 Å². The number of amides is 1. The topological polar surface area (TPSA) is 90.9 Å². The Balaban J connectivity index is 1.92. The SMILES string of the molecule is COC(=O)Cn1c(=NC(=O)c2cc3ccccc3oc2=O)sc2cc(Cl)cc(Cl)c21. The third kappa shape index (κ3) is 3.77. The first-order valence-electron chi connectivity index (χ1n) is 8.54. The number of hydrogen-bond acceptors (Lipinski definition) is 6. The number of aromatic nitrogens is 1. The first-order valence-corrected chi connectivity index (χ1v) is 10.1. The summed E-state index contributed by atoms with van der Waals surface area (Å²) in [6.07, 6.45) is 0. The molecule has 7 nitrogen and oxygen atoms in total. The quantitative estimate of drug-likeness (QED) is 0.338. The summed E-state index contributed by atoms with van der Waals surface area (Å²) in [7, 11) is 1.25. The molecule has 30 heavy (non-hydrogen) atoms. The summed E-state index contributed by atoms with van der Waals surface area (Å²) in [6, 6.07) is 11.4. The Hall–Kier alpha value is -2.94. The number of rotatable bonds is 3. The average molecular weight is 463 g/mol. The minimum atomic E-state index is -0.804. The molecule has 2 aromatic carbocycles. The van der Waals surface area contributed by atoms with Crippen molar-refractivity contribution in [3.63, 3.8) is 0 Å². The second-order valence-corrected chi connectivity index (χ2v) is 8.04. The van der Waals surface area contributed by atoms with Crippen molar-refractivity contribution in [1.82, 2.24) is 4.57 Å². The standard InChI is InChI=1S/C20H12Cl2N2O5S/c1-28-16(25)9-24-17-13(22)7-11(21)8-15(17)30-20(24)23-18(26)12-6-10-4-2-3-5-14(10)29-19(12)27/h2-8H,9H2,1H3. The van der Waals surface area contributed by atoms with Crippen LogP contribution in [0.5, 0.6) is 0 Å². The number of methoxy groups -OCH3 is 1. The van der Waals surface area contributed by atoms with Crippen LogP contribution in [0.1, 0.15) is 10.4 Å². The van der Waals surface area contributed by atoms with Crippen LogP contribution in [-0.4, -0.2) is 23.6 Å². The number of carbonyl (C=O) groups excluding carboxylic acids is 2. The van der Waals surface area contributed by atoms with Crippen LogP contribution in [-0.2, 0) is 16.1 Å². The van der Waals surface area contributed by atoms with Gasteiger partial charge < -0.3 is 13.7 Å². The molecular weight excluding hydrogens is 451 g/mol. The molecule has 0 N–H and O–H groups in total. The van der Waals surface area contributed by atoms with Gasteiger partial charge in [0.1, 0.15) is 17.7 Å². The van der Waals surface area contributed by atoms with E-state index in [1.807, 2.05) is 0 Å². The summed E-state index contributed by atoms with van der Waals surface area (Å²) in [4.78, 5) is 41.2. The van der Waals surface area contributed by atoms with E-state index in [1.54, 1.807) is 30.3 Å². The molecular formula is C20H12Cl2N2O5S. The van der Waals surface area contributed by atoms with Gasteiger partial charge in [-0.05, 0) is 24.3 Å². The number of esters is 1. The maximum absolute atomic E-state index is 12.8. The number of carbonyl (C=O) groups is 2. The van der Waals surface area contributed by atoms with E-state index in [0.29, 0.717) is 26.2 Å². The lowest BCUT2D eigenvalue weighted by Gasteiger charge is -2.05. The van der Waals surface area contributed by atoms with E-state index in [-0.39, 0.29) is 21.9 Å². The molecule has 0 fully saturated rings. The van der Waals surface area contributed by atoms with Crippen molar-refractivity contribution >= 4 is 67.6 Å². The maximum Gasteiger partial charge on any atom is 0.349 e. The van der Waals surface area contributed by atoms with Crippen LogP contribution in [0.4, 0.5) is 0 Å². The summed E-state index contributed by atoms with van der Waals surface area (Å²) < 4.78 is 12.0. The number of ether oxygens (including phenoxy) is 1. The Labute approximate surface area is 182 Å². The molecule has 0 unspecified atom stereocenters. The molecule has 0 aliphatic rings. The Kier molecular flexibility index (Phi) is 5.46. The second kappa shape index (κ2) is 8.06. The molecule has 0 saturated heterocycles. The molecule has 2 aromatic heterocycles. The van der Waals surface area contributed by atoms with Crippen LogP contribution in [0.25, 0.3) is 21.2 Å². The molecule has 4 aromatic rings. The lowest BCUT2D eigenvalue weighted by Crippen LogP contribution is -2.23. The molecule has 0 aliphatic carbocycles. The summed E-state index contributed by atoms with van der Waals surface area (Å²) in [5.74, 6) is -1.36. The van der Waals surface area contributed by atoms with E-state index in [2.05, 4.69) is 4.99 Å². The van der Waals surface area contributed by atoms with E-state index in [0.717, 1.165) is 11.3 Å². The summed E-state index contributed by atoms with van der Waals surface area (Å²) in [5, 5.41) is 1.27. The number of benzene rings is 2. The predicted octanol–water partition coefficient (Wildman–Crippen LogP) is 4.03. The van der Waals surface area contributed by atoms with Gasteiger partial charge >= 0.3 is 11.6 Å². The van der Waals surface area contributed by atoms with Gasteiger partial charge in [-0.25, -0.2) is 4.79 Å². The third-order valence-electron chi connectivity index (χ3n) is 4.28. The highest BCUT2D eigenvalue weighted by Crippen LogP contribution is 2.29. The minimum absolute atomic E-state index is 0.164. The lowest BCUT2D eigenvalue weighted by molar-refractivity contribution is -0.141. The number of nitrogens with zero attached hydrogens (tertiary/aromatic N) is 2. The van der Waals surface area contributed by atoms with Crippen molar-refractivity contribution in [2.24, 2.45) is 4.99 Å². The molecule has 1 amide bonds. The Morgan fingerprint density at radius 2 is 1.97 bits per heavy atom. The third-order valence-corrected chi connectivity index (χ3v) is 5.81. The second-order valence-electron chi connectivity index (χ2n) is 6.18. The molecule has 0 radical (unpaired) electrons. The number of thiazole rings is 1. The van der Waals surface area contributed by atoms with Gasteiger partial charge in [0.2, 0.25) is 0 Å². The van der Waals surface area contributed by atoms with Gasteiger partial charge in [-0.2, -0.15) is 4.99 Å². The van der Waals surface area contributed by atoms with Crippen LogP contribution in [0, 0.1) is 0 Å². The molecule has 2 heterocycles. The van der Waals surface area contributed by atoms with Crippen molar-refractivity contribution in [1.29, 1.82) is 0 Å². The maximum atomic E-state index is 12.8. The fourth-order valence-electron chi connectivity index (χ4n) is 2.91. The van der Waals surface area contributed by atoms with Gasteiger partial charge in [0, 0.05) is 10.4 Å². The number of halogens is 2. The highest BCUT2D eigenvalue weighted by Gasteiger charge is 2.17. The molecule has 152 valence electrons. The van der Waals surface area contributed by atoms with Crippen molar-refractivity contribution in [3.8, 4) is 0 Å². The van der Waals surface area contributed by atoms with Gasteiger partial charge in [0.15, 0.2) is 4.80 Å². The molecule has 10 heteroatoms. The minimum Gasteiger partial charge on any atom is -0.468 e. The van der Waals surface area contributed by atoms with Crippen molar-refractivity contribution in [2.75, 3.05) is 7.11 Å². The van der Waals surface area contributed by atoms with Crippen LogP contribution in [0.2, 0.25) is 10.0 Å². The molecule has 0 saturated carbocycles. The molecule has 0 bridgehead atoms. The van der Waals surface area contributed by atoms with E-state index in [4.69, 9.17) is 32.4 Å². The zero-order chi connectivity index (χ0) is 21.4. The van der Waals surface area contributed by atoms with Gasteiger partial charge in [0.05, 0.1) is 22.3 Å². The normalized spacial score (nSPS) is 11.9. The Bertz CT molecular complexity index is 1450. The zero-order valence-corrected chi connectivity index (χ0v) is 17.7. The zero-order valence-electron chi connectivity index (χ0n) is 15.3. The molecule has 4 rings (SSSR count). The largest absolute Gasteiger partial charge is 0.468 e. The van der Waals surface area contributed by atoms with Gasteiger partial charge in [0.25, 0.3) is 5.91 Å². The van der Waals surface area contributed by atoms with Crippen LogP contribution >= 0.6 is 34.5 Å². The van der Waals surface area contributed by atoms with Crippen LogP contribution in [0.15, 0.2) is 56.7 Å². The van der Waals surface area contributed by atoms with Crippen LogP contribution in [0.3, 0.4) is 0 Å². The number of fused-ring (bicyclic) bond motifs is 2. The van der Waals surface area contributed by atoms with E-state index in [1.165, 1.54) is 23.8 Å². The lowest BCUT2D eigenvalue weighted by atomic mass is 10.2. The van der Waals surface area contributed by atoms with Crippen molar-refractivity contribution in [3.05, 3.63) is 73.3 Å². The Morgan fingerprint density at radius 1 is 1.20 bits per heavy atom. The highest BCUT2D eigenvalue weighted by atomic mass is 35.5. The average Bonchev–Trinajstić information content (AvgIpc) is 3.03. The van der Waals surface area contributed by atoms with Crippen LogP contribution < -0.4 is 10.4 Å². The molecule has 0 atom stereocenters. The van der Waals surface area contributed by atoms with Gasteiger partial charge in [-0.3, -0.25) is 9.59 Å². The molecule has 0 aliphatic heterocycles. The van der Waals surface area contributed by atoms with Gasteiger partial charge in [-0.15, -0.1) is 0 Å². The molecule has 0 spiro atoms. The van der Waals surface area contributed by atoms with E-state index >= 15 is 0 Å². The Morgan fingerprint density at radius 3 is 2.73 bits per heavy atom. The van der Waals surface area contributed by atoms with Gasteiger partial charge in [-0.1, -0.05) is 52.7 Å². The van der Waals surface area contributed by atoms with Crippen molar-refractivity contribution in [2.45, 2.75) is 6.54 Å². The first-order chi connectivity index (χ1) is 14.4. The fraction of sp³-hybridized carbons (Fsp3) is 0.100. The number of hydrogen-bond donors (Lipinski definition) is 0. The highest BCUT2D eigenvalue weighted by molar-refractivity contribution is 7.16. The summed E-state index contributed by atoms with van der Waals surface area (Å²) in [6.45, 7) is -0.226. The predicted molar refractivity (Wildman–Crippen MR) is 114 cm³/mol. The summed E-state index contributed by atoms with van der Waals surface area (Å²) in [5.41, 5.74) is -0.180. The first kappa shape index (κ1) is 20.3. The summed E-state index contributed by atoms with van der Waals surface area (Å²) >= 11 is 13.5. The smallest absolute Gasteiger partial charge is 0.349 e.